The lowest BCUT2D eigenvalue weighted by Crippen LogP contribution is -2.38. The highest BCUT2D eigenvalue weighted by molar-refractivity contribution is 5.45. The number of nitrogens with zero attached hydrogens (tertiary/aromatic N) is 4. The van der Waals surface area contributed by atoms with Crippen LogP contribution in [-0.4, -0.2) is 48.7 Å². The van der Waals surface area contributed by atoms with E-state index >= 15 is 0 Å². The third kappa shape index (κ3) is 5.00. The van der Waals surface area contributed by atoms with E-state index < -0.39 is 0 Å². The quantitative estimate of drug-likeness (QED) is 0.644. The molecule has 0 N–H and O–H groups in total. The predicted molar refractivity (Wildman–Crippen MR) is 116 cm³/mol. The van der Waals surface area contributed by atoms with Gasteiger partial charge in [-0.1, -0.05) is 42.5 Å². The van der Waals surface area contributed by atoms with Crippen LogP contribution in [0, 0.1) is 0 Å². The van der Waals surface area contributed by atoms with Crippen molar-refractivity contribution >= 4 is 5.82 Å². The summed E-state index contributed by atoms with van der Waals surface area (Å²) in [6, 6.07) is 18.9. The van der Waals surface area contributed by atoms with Crippen LogP contribution < -0.4 is 4.90 Å². The van der Waals surface area contributed by atoms with Crippen molar-refractivity contribution in [2.24, 2.45) is 0 Å². The van der Waals surface area contributed by atoms with Crippen LogP contribution in [0.25, 0.3) is 0 Å². The smallest absolute Gasteiger partial charge is 0.132 e. The van der Waals surface area contributed by atoms with Crippen molar-refractivity contribution in [3.63, 3.8) is 0 Å². The van der Waals surface area contributed by atoms with Crippen molar-refractivity contribution in [2.75, 3.05) is 38.7 Å². The monoisotopic (exact) mass is 388 g/mol. The Balaban J connectivity index is 1.41. The van der Waals surface area contributed by atoms with E-state index in [2.05, 4.69) is 57.2 Å². The summed E-state index contributed by atoms with van der Waals surface area (Å²) in [6.07, 6.45) is 4.74. The Morgan fingerprint density at radius 3 is 2.62 bits per heavy atom. The van der Waals surface area contributed by atoms with Crippen LogP contribution in [0.3, 0.4) is 0 Å². The van der Waals surface area contributed by atoms with E-state index in [-0.39, 0.29) is 6.10 Å². The molecule has 1 aliphatic rings. The van der Waals surface area contributed by atoms with Crippen molar-refractivity contribution in [3.05, 3.63) is 89.4 Å². The van der Waals surface area contributed by atoms with E-state index in [4.69, 9.17) is 9.72 Å². The molecule has 1 aromatic carbocycles. The molecule has 2 aromatic heterocycles. The molecule has 29 heavy (non-hydrogen) atoms. The standard InChI is InChI=1S/C24H28N4O/c1-27(2)24-21(9-6-12-25-24)17-28-13-14-29-23(18-28)22-11-10-20(16-26-22)15-19-7-4-3-5-8-19/h3-12,16,23H,13-15,17-18H2,1-2H3/t23-/m1/s1. The largest absolute Gasteiger partial charge is 0.369 e. The fraction of sp³-hybridized carbons (Fsp3) is 0.333. The second kappa shape index (κ2) is 9.16. The van der Waals surface area contributed by atoms with Crippen LogP contribution in [0.4, 0.5) is 5.82 Å². The topological polar surface area (TPSA) is 41.5 Å². The number of rotatable bonds is 6. The van der Waals surface area contributed by atoms with Crippen LogP contribution in [0.5, 0.6) is 0 Å². The summed E-state index contributed by atoms with van der Waals surface area (Å²) in [5.41, 5.74) is 4.77. The summed E-state index contributed by atoms with van der Waals surface area (Å²) in [7, 11) is 4.07. The first-order valence-corrected chi connectivity index (χ1v) is 10.1. The molecule has 5 heteroatoms. The second-order valence-corrected chi connectivity index (χ2v) is 7.73. The van der Waals surface area contributed by atoms with Gasteiger partial charge in [0.15, 0.2) is 0 Å². The van der Waals surface area contributed by atoms with Crippen molar-refractivity contribution in [3.8, 4) is 0 Å². The lowest BCUT2D eigenvalue weighted by Gasteiger charge is -2.33. The molecule has 0 bridgehead atoms. The molecule has 3 aromatic rings. The van der Waals surface area contributed by atoms with Crippen molar-refractivity contribution in [1.82, 2.24) is 14.9 Å². The Bertz CT molecular complexity index is 912. The number of pyridine rings is 2. The van der Waals surface area contributed by atoms with Gasteiger partial charge >= 0.3 is 0 Å². The van der Waals surface area contributed by atoms with Crippen LogP contribution >= 0.6 is 0 Å². The van der Waals surface area contributed by atoms with E-state index in [0.29, 0.717) is 0 Å². The molecule has 0 saturated carbocycles. The normalized spacial score (nSPS) is 17.2. The number of ether oxygens (including phenoxy) is 1. The third-order valence-electron chi connectivity index (χ3n) is 5.26. The molecule has 0 amide bonds. The Hall–Kier alpha value is -2.76. The Morgan fingerprint density at radius 1 is 1.00 bits per heavy atom. The first-order chi connectivity index (χ1) is 14.2. The molecule has 1 saturated heterocycles. The number of benzene rings is 1. The lowest BCUT2D eigenvalue weighted by atomic mass is 10.1. The van der Waals surface area contributed by atoms with E-state index in [9.17, 15) is 0 Å². The van der Waals surface area contributed by atoms with Crippen LogP contribution in [0.15, 0.2) is 67.0 Å². The molecule has 0 aliphatic carbocycles. The van der Waals surface area contributed by atoms with Gasteiger partial charge in [0.1, 0.15) is 11.9 Å². The van der Waals surface area contributed by atoms with Gasteiger partial charge in [-0.15, -0.1) is 0 Å². The Kier molecular flexibility index (Phi) is 6.17. The maximum absolute atomic E-state index is 6.04. The van der Waals surface area contributed by atoms with E-state index in [0.717, 1.165) is 44.2 Å². The second-order valence-electron chi connectivity index (χ2n) is 7.73. The number of aromatic nitrogens is 2. The molecule has 0 radical (unpaired) electrons. The van der Waals surface area contributed by atoms with E-state index in [1.54, 1.807) is 0 Å². The third-order valence-corrected chi connectivity index (χ3v) is 5.26. The van der Waals surface area contributed by atoms with Crippen molar-refractivity contribution in [1.29, 1.82) is 0 Å². The maximum Gasteiger partial charge on any atom is 0.132 e. The van der Waals surface area contributed by atoms with Crippen molar-refractivity contribution in [2.45, 2.75) is 19.1 Å². The molecule has 1 fully saturated rings. The molecule has 1 atom stereocenters. The number of anilines is 1. The van der Waals surface area contributed by atoms with Crippen molar-refractivity contribution < 1.29 is 4.74 Å². The summed E-state index contributed by atoms with van der Waals surface area (Å²) in [6.45, 7) is 3.35. The summed E-state index contributed by atoms with van der Waals surface area (Å²) >= 11 is 0. The zero-order valence-corrected chi connectivity index (χ0v) is 17.2. The maximum atomic E-state index is 6.04. The van der Waals surface area contributed by atoms with Gasteiger partial charge in [0.25, 0.3) is 0 Å². The Morgan fingerprint density at radius 2 is 1.86 bits per heavy atom. The van der Waals surface area contributed by atoms with Gasteiger partial charge in [-0.2, -0.15) is 0 Å². The number of hydrogen-bond donors (Lipinski definition) is 0. The van der Waals surface area contributed by atoms with Crippen LogP contribution in [0.1, 0.15) is 28.5 Å². The van der Waals surface area contributed by atoms with Crippen LogP contribution in [0.2, 0.25) is 0 Å². The highest BCUT2D eigenvalue weighted by Crippen LogP contribution is 2.24. The van der Waals surface area contributed by atoms with E-state index in [1.807, 2.05) is 38.6 Å². The van der Waals surface area contributed by atoms with Gasteiger partial charge < -0.3 is 9.64 Å². The zero-order valence-electron chi connectivity index (χ0n) is 17.2. The summed E-state index contributed by atoms with van der Waals surface area (Å²) < 4.78 is 6.04. The number of morpholine rings is 1. The molecule has 5 nitrogen and oxygen atoms in total. The van der Waals surface area contributed by atoms with Gasteiger partial charge in [0.05, 0.1) is 12.3 Å². The molecule has 1 aliphatic heterocycles. The average molecular weight is 389 g/mol. The molecule has 0 unspecified atom stereocenters. The summed E-state index contributed by atoms with van der Waals surface area (Å²) in [4.78, 5) is 13.7. The minimum atomic E-state index is 0.00834. The first-order valence-electron chi connectivity index (χ1n) is 10.1. The Labute approximate surface area is 173 Å². The minimum absolute atomic E-state index is 0.00834. The molecule has 150 valence electrons. The predicted octanol–water partition coefficient (Wildman–Crippen LogP) is 3.71. The van der Waals surface area contributed by atoms with Gasteiger partial charge in [-0.05, 0) is 29.7 Å². The highest BCUT2D eigenvalue weighted by Gasteiger charge is 2.24. The highest BCUT2D eigenvalue weighted by atomic mass is 16.5. The fourth-order valence-corrected chi connectivity index (χ4v) is 3.78. The molecule has 3 heterocycles. The molecular formula is C24H28N4O. The molecule has 0 spiro atoms. The zero-order chi connectivity index (χ0) is 20.1. The fourth-order valence-electron chi connectivity index (χ4n) is 3.78. The van der Waals surface area contributed by atoms with Gasteiger partial charge in [0, 0.05) is 51.7 Å². The minimum Gasteiger partial charge on any atom is -0.369 e. The molecule has 4 rings (SSSR count). The van der Waals surface area contributed by atoms with Gasteiger partial charge in [0.2, 0.25) is 0 Å². The van der Waals surface area contributed by atoms with Gasteiger partial charge in [-0.25, -0.2) is 4.98 Å². The van der Waals surface area contributed by atoms with Crippen LogP contribution in [-0.2, 0) is 17.7 Å². The molecular weight excluding hydrogens is 360 g/mol. The number of hydrogen-bond acceptors (Lipinski definition) is 5. The van der Waals surface area contributed by atoms with E-state index in [1.165, 1.54) is 16.7 Å². The summed E-state index contributed by atoms with van der Waals surface area (Å²) in [5, 5.41) is 0. The summed E-state index contributed by atoms with van der Waals surface area (Å²) in [5.74, 6) is 1.03. The lowest BCUT2D eigenvalue weighted by molar-refractivity contribution is -0.0349. The first kappa shape index (κ1) is 19.6. The van der Waals surface area contributed by atoms with Gasteiger partial charge in [-0.3, -0.25) is 9.88 Å². The average Bonchev–Trinajstić information content (AvgIpc) is 2.75. The SMILES string of the molecule is CN(C)c1ncccc1CN1CCO[C@@H](c2ccc(Cc3ccccc3)cn2)C1.